The standard InChI is InChI=1S/C18H31N3/c1-15(2)21(14-16-8-4-5-10-18(16)19)13-11-17-9-6-7-12-20(17)3/h4-5,8,10,15,17H,6-7,9,11-14,19H2,1-3H3. The first kappa shape index (κ1) is 16.3. The van der Waals surface area contributed by atoms with Crippen LogP contribution in [0.2, 0.25) is 0 Å². The summed E-state index contributed by atoms with van der Waals surface area (Å²) in [5, 5.41) is 0. The molecule has 21 heavy (non-hydrogen) atoms. The van der Waals surface area contributed by atoms with Crippen LogP contribution in [0.5, 0.6) is 0 Å². The van der Waals surface area contributed by atoms with Gasteiger partial charge in [-0.3, -0.25) is 4.90 Å². The van der Waals surface area contributed by atoms with Gasteiger partial charge >= 0.3 is 0 Å². The summed E-state index contributed by atoms with van der Waals surface area (Å²) in [6.07, 6.45) is 5.38. The number of nitrogens with zero attached hydrogens (tertiary/aromatic N) is 2. The van der Waals surface area contributed by atoms with Crippen molar-refractivity contribution >= 4 is 5.69 Å². The number of piperidine rings is 1. The molecule has 3 nitrogen and oxygen atoms in total. The summed E-state index contributed by atoms with van der Waals surface area (Å²) in [7, 11) is 2.28. The summed E-state index contributed by atoms with van der Waals surface area (Å²) < 4.78 is 0. The van der Waals surface area contributed by atoms with Crippen LogP contribution < -0.4 is 5.73 Å². The molecule has 118 valence electrons. The van der Waals surface area contributed by atoms with E-state index in [9.17, 15) is 0 Å². The fourth-order valence-electron chi connectivity index (χ4n) is 3.24. The highest BCUT2D eigenvalue weighted by atomic mass is 15.2. The van der Waals surface area contributed by atoms with Crippen molar-refractivity contribution < 1.29 is 0 Å². The number of para-hydroxylation sites is 1. The molecule has 0 bridgehead atoms. The molecule has 0 radical (unpaired) electrons. The molecule has 1 atom stereocenters. The monoisotopic (exact) mass is 289 g/mol. The third-order valence-corrected chi connectivity index (χ3v) is 4.83. The zero-order valence-electron chi connectivity index (χ0n) is 13.9. The van der Waals surface area contributed by atoms with Gasteiger partial charge in [-0.2, -0.15) is 0 Å². The van der Waals surface area contributed by atoms with Crippen LogP contribution in [0, 0.1) is 0 Å². The van der Waals surface area contributed by atoms with E-state index in [1.807, 2.05) is 12.1 Å². The summed E-state index contributed by atoms with van der Waals surface area (Å²) in [4.78, 5) is 5.09. The Hall–Kier alpha value is -1.06. The number of rotatable bonds is 6. The molecule has 1 saturated heterocycles. The summed E-state index contributed by atoms with van der Waals surface area (Å²) in [5.74, 6) is 0. The van der Waals surface area contributed by atoms with Crippen LogP contribution in [0.25, 0.3) is 0 Å². The van der Waals surface area contributed by atoms with E-state index in [1.54, 1.807) is 0 Å². The quantitative estimate of drug-likeness (QED) is 0.815. The highest BCUT2D eigenvalue weighted by Crippen LogP contribution is 2.20. The normalized spacial score (nSPS) is 20.3. The second-order valence-electron chi connectivity index (χ2n) is 6.68. The molecule has 1 heterocycles. The second kappa shape index (κ2) is 7.81. The number of anilines is 1. The van der Waals surface area contributed by atoms with Crippen molar-refractivity contribution in [2.24, 2.45) is 0 Å². The maximum absolute atomic E-state index is 6.10. The molecular weight excluding hydrogens is 258 g/mol. The molecule has 0 amide bonds. The highest BCUT2D eigenvalue weighted by Gasteiger charge is 2.20. The van der Waals surface area contributed by atoms with Gasteiger partial charge in [0.2, 0.25) is 0 Å². The predicted octanol–water partition coefficient (Wildman–Crippen LogP) is 3.35. The van der Waals surface area contributed by atoms with Gasteiger partial charge in [-0.1, -0.05) is 24.6 Å². The number of benzene rings is 1. The lowest BCUT2D eigenvalue weighted by molar-refractivity contribution is 0.138. The van der Waals surface area contributed by atoms with Crippen LogP contribution in [-0.4, -0.2) is 42.0 Å². The number of hydrogen-bond acceptors (Lipinski definition) is 3. The fourth-order valence-corrected chi connectivity index (χ4v) is 3.24. The molecule has 1 aliphatic rings. The molecular formula is C18H31N3. The number of nitrogens with two attached hydrogens (primary N) is 1. The van der Waals surface area contributed by atoms with Crippen LogP contribution >= 0.6 is 0 Å². The number of hydrogen-bond donors (Lipinski definition) is 1. The Balaban J connectivity index is 1.91. The summed E-state index contributed by atoms with van der Waals surface area (Å²) in [5.41, 5.74) is 8.26. The Morgan fingerprint density at radius 2 is 2.05 bits per heavy atom. The Morgan fingerprint density at radius 3 is 2.71 bits per heavy atom. The van der Waals surface area contributed by atoms with Gasteiger partial charge in [0.05, 0.1) is 0 Å². The van der Waals surface area contributed by atoms with E-state index < -0.39 is 0 Å². The molecule has 0 aliphatic carbocycles. The van der Waals surface area contributed by atoms with E-state index in [0.717, 1.165) is 24.8 Å². The Labute approximate surface area is 130 Å². The van der Waals surface area contributed by atoms with Crippen molar-refractivity contribution in [2.45, 2.75) is 58.2 Å². The topological polar surface area (TPSA) is 32.5 Å². The summed E-state index contributed by atoms with van der Waals surface area (Å²) >= 11 is 0. The molecule has 2 N–H and O–H groups in total. The van der Waals surface area contributed by atoms with Gasteiger partial charge in [0.25, 0.3) is 0 Å². The average Bonchev–Trinajstić information content (AvgIpc) is 2.46. The van der Waals surface area contributed by atoms with Crippen LogP contribution in [0.4, 0.5) is 5.69 Å². The molecule has 2 rings (SSSR count). The fraction of sp³-hybridized carbons (Fsp3) is 0.667. The SMILES string of the molecule is CC(C)N(CCC1CCCCN1C)Cc1ccccc1N. The number of nitrogen functional groups attached to an aromatic ring is 1. The smallest absolute Gasteiger partial charge is 0.0359 e. The lowest BCUT2D eigenvalue weighted by atomic mass is 9.99. The molecule has 1 aromatic rings. The molecule has 1 aromatic carbocycles. The molecule has 0 aromatic heterocycles. The van der Waals surface area contributed by atoms with E-state index >= 15 is 0 Å². The first-order valence-electron chi connectivity index (χ1n) is 8.35. The summed E-state index contributed by atoms with van der Waals surface area (Å²) in [6.45, 7) is 7.94. The maximum Gasteiger partial charge on any atom is 0.0359 e. The van der Waals surface area contributed by atoms with Crippen LogP contribution in [0.1, 0.15) is 45.1 Å². The van der Waals surface area contributed by atoms with Crippen molar-refractivity contribution in [2.75, 3.05) is 25.9 Å². The highest BCUT2D eigenvalue weighted by molar-refractivity contribution is 5.46. The van der Waals surface area contributed by atoms with Crippen molar-refractivity contribution in [3.63, 3.8) is 0 Å². The number of likely N-dealkylation sites (tertiary alicyclic amines) is 1. The zero-order chi connectivity index (χ0) is 15.2. The molecule has 0 saturated carbocycles. The first-order chi connectivity index (χ1) is 10.1. The average molecular weight is 289 g/mol. The van der Waals surface area contributed by atoms with E-state index in [0.29, 0.717) is 6.04 Å². The van der Waals surface area contributed by atoms with E-state index in [1.165, 1.54) is 37.8 Å². The Bertz CT molecular complexity index is 430. The van der Waals surface area contributed by atoms with Gasteiger partial charge in [-0.25, -0.2) is 0 Å². The van der Waals surface area contributed by atoms with E-state index in [2.05, 4.69) is 42.8 Å². The van der Waals surface area contributed by atoms with E-state index in [-0.39, 0.29) is 0 Å². The molecule has 1 aliphatic heterocycles. The summed E-state index contributed by atoms with van der Waals surface area (Å²) in [6, 6.07) is 9.56. The lowest BCUT2D eigenvalue weighted by Gasteiger charge is -2.35. The molecule has 1 fully saturated rings. The van der Waals surface area contributed by atoms with Gasteiger partial charge in [0.1, 0.15) is 0 Å². The Kier molecular flexibility index (Phi) is 6.07. The van der Waals surface area contributed by atoms with Gasteiger partial charge in [-0.15, -0.1) is 0 Å². The van der Waals surface area contributed by atoms with Crippen molar-refractivity contribution in [1.29, 1.82) is 0 Å². The minimum atomic E-state index is 0.554. The van der Waals surface area contributed by atoms with Crippen LogP contribution in [0.3, 0.4) is 0 Å². The van der Waals surface area contributed by atoms with Gasteiger partial charge < -0.3 is 10.6 Å². The van der Waals surface area contributed by atoms with E-state index in [4.69, 9.17) is 5.73 Å². The van der Waals surface area contributed by atoms with Crippen LogP contribution in [-0.2, 0) is 6.54 Å². The predicted molar refractivity (Wildman–Crippen MR) is 91.3 cm³/mol. The molecule has 1 unspecified atom stereocenters. The maximum atomic E-state index is 6.10. The lowest BCUT2D eigenvalue weighted by Crippen LogP contribution is -2.40. The zero-order valence-corrected chi connectivity index (χ0v) is 13.9. The Morgan fingerprint density at radius 1 is 1.29 bits per heavy atom. The van der Waals surface area contributed by atoms with Crippen molar-refractivity contribution in [3.05, 3.63) is 29.8 Å². The van der Waals surface area contributed by atoms with Crippen molar-refractivity contribution in [3.8, 4) is 0 Å². The third kappa shape index (κ3) is 4.72. The van der Waals surface area contributed by atoms with Gasteiger partial charge in [0.15, 0.2) is 0 Å². The molecule has 3 heteroatoms. The first-order valence-corrected chi connectivity index (χ1v) is 8.35. The third-order valence-electron chi connectivity index (χ3n) is 4.83. The second-order valence-corrected chi connectivity index (χ2v) is 6.68. The minimum absolute atomic E-state index is 0.554. The van der Waals surface area contributed by atoms with Gasteiger partial charge in [0, 0.05) is 30.9 Å². The van der Waals surface area contributed by atoms with Crippen LogP contribution in [0.15, 0.2) is 24.3 Å². The van der Waals surface area contributed by atoms with Crippen molar-refractivity contribution in [1.82, 2.24) is 9.80 Å². The van der Waals surface area contributed by atoms with Gasteiger partial charge in [-0.05, 0) is 58.3 Å². The minimum Gasteiger partial charge on any atom is -0.398 e. The largest absolute Gasteiger partial charge is 0.398 e. The molecule has 0 spiro atoms.